The quantitative estimate of drug-likeness (QED) is 0.843. The highest BCUT2D eigenvalue weighted by Gasteiger charge is 2.34. The van der Waals surface area contributed by atoms with E-state index in [-0.39, 0.29) is 5.91 Å². The molecule has 134 valence electrons. The average molecular weight is 340 g/mol. The molecule has 0 atom stereocenters. The van der Waals surface area contributed by atoms with Gasteiger partial charge in [0.05, 0.1) is 22.6 Å². The largest absolute Gasteiger partial charge is 0.351 e. The zero-order valence-electron chi connectivity index (χ0n) is 15.7. The maximum atomic E-state index is 12.9. The first-order valence-corrected chi connectivity index (χ1v) is 9.13. The van der Waals surface area contributed by atoms with Crippen LogP contribution < -0.4 is 5.32 Å². The van der Waals surface area contributed by atoms with Crippen molar-refractivity contribution in [1.82, 2.24) is 20.0 Å². The Kier molecular flexibility index (Phi) is 5.23. The van der Waals surface area contributed by atoms with E-state index >= 15 is 0 Å². The zero-order valence-corrected chi connectivity index (χ0v) is 15.7. The van der Waals surface area contributed by atoms with E-state index in [4.69, 9.17) is 5.10 Å². The van der Waals surface area contributed by atoms with Crippen molar-refractivity contribution in [1.29, 1.82) is 0 Å². The van der Waals surface area contributed by atoms with E-state index in [1.54, 1.807) is 0 Å². The lowest BCUT2D eigenvalue weighted by Gasteiger charge is -2.12. The maximum Gasteiger partial charge on any atom is 0.255 e. The zero-order chi connectivity index (χ0) is 18.0. The summed E-state index contributed by atoms with van der Waals surface area (Å²) in [6.45, 7) is 5.66. The third-order valence-electron chi connectivity index (χ3n) is 4.72. The molecule has 1 aliphatic carbocycles. The topological polar surface area (TPSA) is 50.2 Å². The summed E-state index contributed by atoms with van der Waals surface area (Å²) in [5.74, 6) is 0.450. The molecular formula is C20H28N4O. The summed E-state index contributed by atoms with van der Waals surface area (Å²) in [4.78, 5) is 15.0. The Balaban J connectivity index is 1.99. The molecule has 1 aliphatic rings. The van der Waals surface area contributed by atoms with Crippen LogP contribution in [0.25, 0.3) is 5.69 Å². The lowest BCUT2D eigenvalue weighted by Crippen LogP contribution is -2.32. The van der Waals surface area contributed by atoms with Gasteiger partial charge in [0.15, 0.2) is 0 Å². The number of hydrogen-bond acceptors (Lipinski definition) is 3. The van der Waals surface area contributed by atoms with Gasteiger partial charge in [-0.1, -0.05) is 25.1 Å². The van der Waals surface area contributed by atoms with Gasteiger partial charge in [0, 0.05) is 19.0 Å². The lowest BCUT2D eigenvalue weighted by atomic mass is 10.1. The predicted octanol–water partition coefficient (Wildman–Crippen LogP) is 2.91. The molecule has 1 aromatic carbocycles. The molecule has 5 nitrogen and oxygen atoms in total. The van der Waals surface area contributed by atoms with Crippen LogP contribution >= 0.6 is 0 Å². The number of aromatic nitrogens is 2. The average Bonchev–Trinajstić information content (AvgIpc) is 3.35. The normalized spacial score (nSPS) is 14.1. The molecule has 1 aromatic heterocycles. The SMILES string of the molecule is CCc1c(C(=O)NCCN(C)C)c(C2CC2)nn1-c1ccccc1C. The maximum absolute atomic E-state index is 12.9. The Morgan fingerprint density at radius 2 is 2.04 bits per heavy atom. The Bertz CT molecular complexity index is 759. The van der Waals surface area contributed by atoms with Gasteiger partial charge in [-0.05, 0) is 51.9 Å². The Morgan fingerprint density at radius 3 is 2.64 bits per heavy atom. The number of aryl methyl sites for hydroxylation is 1. The molecule has 5 heteroatoms. The molecule has 0 radical (unpaired) electrons. The standard InChI is InChI=1S/C20H28N4O/c1-5-16-18(20(25)21-12-13-23(3)4)19(15-10-11-15)22-24(16)17-9-7-6-8-14(17)2/h6-9,15H,5,10-13H2,1-4H3,(H,21,25). The van der Waals surface area contributed by atoms with Gasteiger partial charge in [-0.2, -0.15) is 5.10 Å². The number of benzene rings is 1. The molecule has 1 saturated carbocycles. The van der Waals surface area contributed by atoms with Crippen molar-refractivity contribution in [3.8, 4) is 5.69 Å². The summed E-state index contributed by atoms with van der Waals surface area (Å²) >= 11 is 0. The third-order valence-corrected chi connectivity index (χ3v) is 4.72. The van der Waals surface area contributed by atoms with Crippen molar-refractivity contribution >= 4 is 5.91 Å². The Labute approximate surface area is 150 Å². The van der Waals surface area contributed by atoms with E-state index < -0.39 is 0 Å². The highest BCUT2D eigenvalue weighted by molar-refractivity contribution is 5.97. The van der Waals surface area contributed by atoms with Gasteiger partial charge in [0.2, 0.25) is 0 Å². The monoisotopic (exact) mass is 340 g/mol. The smallest absolute Gasteiger partial charge is 0.255 e. The molecule has 2 aromatic rings. The van der Waals surface area contributed by atoms with Gasteiger partial charge in [-0.3, -0.25) is 4.79 Å². The third kappa shape index (κ3) is 3.76. The highest BCUT2D eigenvalue weighted by atomic mass is 16.1. The summed E-state index contributed by atoms with van der Waals surface area (Å²) in [5.41, 5.74) is 5.02. The molecule has 0 spiro atoms. The molecule has 1 amide bonds. The van der Waals surface area contributed by atoms with E-state index in [0.29, 0.717) is 12.5 Å². The second-order valence-electron chi connectivity index (χ2n) is 7.09. The minimum Gasteiger partial charge on any atom is -0.351 e. The number of carbonyl (C=O) groups excluding carboxylic acids is 1. The molecular weight excluding hydrogens is 312 g/mol. The van der Waals surface area contributed by atoms with Crippen molar-refractivity contribution in [2.75, 3.05) is 27.2 Å². The Morgan fingerprint density at radius 1 is 1.32 bits per heavy atom. The number of carbonyl (C=O) groups is 1. The number of rotatable bonds is 7. The van der Waals surface area contributed by atoms with Crippen LogP contribution in [-0.4, -0.2) is 47.8 Å². The van der Waals surface area contributed by atoms with Crippen molar-refractivity contribution in [2.24, 2.45) is 0 Å². The van der Waals surface area contributed by atoms with Crippen LogP contribution in [0.2, 0.25) is 0 Å². The first kappa shape index (κ1) is 17.7. The molecule has 0 saturated heterocycles. The van der Waals surface area contributed by atoms with Gasteiger partial charge in [0.1, 0.15) is 0 Å². The number of para-hydroxylation sites is 1. The fourth-order valence-corrected chi connectivity index (χ4v) is 3.17. The lowest BCUT2D eigenvalue weighted by molar-refractivity contribution is 0.0949. The van der Waals surface area contributed by atoms with Crippen molar-refractivity contribution < 1.29 is 4.79 Å². The van der Waals surface area contributed by atoms with Gasteiger partial charge < -0.3 is 10.2 Å². The molecule has 1 heterocycles. The van der Waals surface area contributed by atoms with Gasteiger partial charge in [-0.25, -0.2) is 4.68 Å². The van der Waals surface area contributed by atoms with Gasteiger partial charge in [0.25, 0.3) is 5.91 Å². The predicted molar refractivity (Wildman–Crippen MR) is 101 cm³/mol. The van der Waals surface area contributed by atoms with Crippen molar-refractivity contribution in [2.45, 2.75) is 39.0 Å². The summed E-state index contributed by atoms with van der Waals surface area (Å²) in [6, 6.07) is 8.22. The summed E-state index contributed by atoms with van der Waals surface area (Å²) in [7, 11) is 4.02. The van der Waals surface area contributed by atoms with Crippen LogP contribution in [-0.2, 0) is 6.42 Å². The molecule has 25 heavy (non-hydrogen) atoms. The highest BCUT2D eigenvalue weighted by Crippen LogP contribution is 2.42. The number of nitrogens with one attached hydrogen (secondary N) is 1. The van der Waals surface area contributed by atoms with Crippen molar-refractivity contribution in [3.05, 3.63) is 46.8 Å². The van der Waals surface area contributed by atoms with Crippen LogP contribution in [0.15, 0.2) is 24.3 Å². The van der Waals surface area contributed by atoms with Crippen LogP contribution in [0.4, 0.5) is 0 Å². The van der Waals surface area contributed by atoms with Gasteiger partial charge in [-0.15, -0.1) is 0 Å². The number of nitrogens with zero attached hydrogens (tertiary/aromatic N) is 3. The van der Waals surface area contributed by atoms with E-state index in [2.05, 4.69) is 36.2 Å². The molecule has 0 unspecified atom stereocenters. The molecule has 0 bridgehead atoms. The first-order chi connectivity index (χ1) is 12.0. The molecule has 1 N–H and O–H groups in total. The van der Waals surface area contributed by atoms with E-state index in [1.165, 1.54) is 5.56 Å². The molecule has 1 fully saturated rings. The van der Waals surface area contributed by atoms with Crippen LogP contribution in [0.5, 0.6) is 0 Å². The summed E-state index contributed by atoms with van der Waals surface area (Å²) < 4.78 is 1.99. The van der Waals surface area contributed by atoms with E-state index in [1.807, 2.05) is 30.9 Å². The van der Waals surface area contributed by atoms with Crippen LogP contribution in [0.3, 0.4) is 0 Å². The fraction of sp³-hybridized carbons (Fsp3) is 0.500. The van der Waals surface area contributed by atoms with Crippen molar-refractivity contribution in [3.63, 3.8) is 0 Å². The first-order valence-electron chi connectivity index (χ1n) is 9.13. The van der Waals surface area contributed by atoms with E-state index in [0.717, 1.165) is 48.4 Å². The van der Waals surface area contributed by atoms with Crippen LogP contribution in [0.1, 0.15) is 53.0 Å². The summed E-state index contributed by atoms with van der Waals surface area (Å²) in [6.07, 6.45) is 3.04. The number of likely N-dealkylation sites (N-methyl/N-ethyl adjacent to an activating group) is 1. The van der Waals surface area contributed by atoms with Crippen LogP contribution in [0, 0.1) is 6.92 Å². The second kappa shape index (κ2) is 7.40. The number of hydrogen-bond donors (Lipinski definition) is 1. The minimum atomic E-state index is 0.0143. The molecule has 0 aliphatic heterocycles. The number of amides is 1. The fourth-order valence-electron chi connectivity index (χ4n) is 3.17. The van der Waals surface area contributed by atoms with Gasteiger partial charge >= 0.3 is 0 Å². The van der Waals surface area contributed by atoms with E-state index in [9.17, 15) is 4.79 Å². The molecule has 3 rings (SSSR count). The second-order valence-corrected chi connectivity index (χ2v) is 7.09. The summed E-state index contributed by atoms with van der Waals surface area (Å²) in [5, 5.41) is 7.96. The Hall–Kier alpha value is -2.14. The minimum absolute atomic E-state index is 0.0143.